The van der Waals surface area contributed by atoms with Crippen LogP contribution in [-0.4, -0.2) is 9.65 Å². The van der Waals surface area contributed by atoms with Crippen molar-refractivity contribution in [1.29, 1.82) is 0 Å². The van der Waals surface area contributed by atoms with Crippen molar-refractivity contribution < 1.29 is 0 Å². The van der Waals surface area contributed by atoms with Crippen LogP contribution in [0.5, 0.6) is 0 Å². The van der Waals surface area contributed by atoms with Gasteiger partial charge in [0.1, 0.15) is 0 Å². The fourth-order valence-electron chi connectivity index (χ4n) is 1.01. The maximum absolute atomic E-state index is 5.63. The second-order valence-corrected chi connectivity index (χ2v) is 2.92. The van der Waals surface area contributed by atoms with Gasteiger partial charge in [0.05, 0.1) is 18.1 Å². The smallest absolute Gasteiger partial charge is 0.0604 e. The number of rotatable bonds is 2. The Bertz CT molecular complexity index is 300. The standard InChI is InChI=1S/C8H9ClN4/c9-12-6-7-13(11-12)10-8-4-2-1-3-5-8/h1-7,10-11H. The molecule has 0 bridgehead atoms. The van der Waals surface area contributed by atoms with Gasteiger partial charge in [-0.3, -0.25) is 5.43 Å². The van der Waals surface area contributed by atoms with Gasteiger partial charge in [0, 0.05) is 11.8 Å². The number of nitrogens with one attached hydrogen (secondary N) is 2. The number of halogens is 1. The summed E-state index contributed by atoms with van der Waals surface area (Å²) in [6.45, 7) is 0. The molecule has 1 heterocycles. The first-order valence-electron chi connectivity index (χ1n) is 3.85. The van der Waals surface area contributed by atoms with Crippen molar-refractivity contribution in [3.63, 3.8) is 0 Å². The van der Waals surface area contributed by atoms with Gasteiger partial charge < -0.3 is 0 Å². The molecule has 0 aromatic heterocycles. The first kappa shape index (κ1) is 8.22. The van der Waals surface area contributed by atoms with Crippen LogP contribution < -0.4 is 11.0 Å². The van der Waals surface area contributed by atoms with Crippen molar-refractivity contribution in [2.45, 2.75) is 0 Å². The maximum atomic E-state index is 5.63. The second kappa shape index (κ2) is 3.55. The van der Waals surface area contributed by atoms with E-state index in [0.717, 1.165) is 5.69 Å². The molecule has 1 aliphatic rings. The lowest BCUT2D eigenvalue weighted by atomic mass is 10.3. The van der Waals surface area contributed by atoms with Gasteiger partial charge in [-0.2, -0.15) is 0 Å². The molecular formula is C8H9ClN4. The first-order valence-corrected chi connectivity index (χ1v) is 4.19. The molecular weight excluding hydrogens is 188 g/mol. The Labute approximate surface area is 81.4 Å². The monoisotopic (exact) mass is 196 g/mol. The number of benzene rings is 1. The lowest BCUT2D eigenvalue weighted by Gasteiger charge is -2.19. The molecule has 2 rings (SSSR count). The molecule has 1 aromatic rings. The minimum absolute atomic E-state index is 0.992. The molecule has 0 atom stereocenters. The normalized spacial score (nSPS) is 15.2. The van der Waals surface area contributed by atoms with Gasteiger partial charge in [-0.05, 0) is 12.1 Å². The molecule has 1 aliphatic heterocycles. The highest BCUT2D eigenvalue weighted by atomic mass is 35.5. The summed E-state index contributed by atoms with van der Waals surface area (Å²) in [6, 6.07) is 9.81. The largest absolute Gasteiger partial charge is 0.283 e. The summed E-state index contributed by atoms with van der Waals surface area (Å²) in [7, 11) is 0. The minimum Gasteiger partial charge on any atom is -0.283 e. The van der Waals surface area contributed by atoms with Crippen LogP contribution in [0.2, 0.25) is 0 Å². The van der Waals surface area contributed by atoms with Crippen molar-refractivity contribution in [2.24, 2.45) is 0 Å². The Morgan fingerprint density at radius 3 is 2.54 bits per heavy atom. The Hall–Kier alpha value is -1.39. The highest BCUT2D eigenvalue weighted by Crippen LogP contribution is 2.08. The molecule has 0 spiro atoms. The van der Waals surface area contributed by atoms with Crippen LogP contribution in [0, 0.1) is 0 Å². The quantitative estimate of drug-likeness (QED) is 0.705. The number of para-hydroxylation sites is 1. The first-order chi connectivity index (χ1) is 6.34. The number of hydrogen-bond donors (Lipinski definition) is 2. The van der Waals surface area contributed by atoms with E-state index in [9.17, 15) is 0 Å². The summed E-state index contributed by atoms with van der Waals surface area (Å²) in [5, 5.41) is 1.66. The predicted molar refractivity (Wildman–Crippen MR) is 51.9 cm³/mol. The van der Waals surface area contributed by atoms with Crippen LogP contribution in [0.15, 0.2) is 42.7 Å². The zero-order chi connectivity index (χ0) is 9.10. The minimum atomic E-state index is 0.992. The van der Waals surface area contributed by atoms with Gasteiger partial charge in [-0.25, -0.2) is 9.65 Å². The Kier molecular flexibility index (Phi) is 2.25. The van der Waals surface area contributed by atoms with E-state index in [1.54, 1.807) is 17.5 Å². The summed E-state index contributed by atoms with van der Waals surface area (Å²) in [4.78, 5) is 0. The van der Waals surface area contributed by atoms with Crippen LogP contribution in [0.25, 0.3) is 0 Å². The van der Waals surface area contributed by atoms with E-state index in [1.165, 1.54) is 4.53 Å². The number of hydrogen-bond acceptors (Lipinski definition) is 4. The second-order valence-electron chi connectivity index (χ2n) is 2.56. The molecule has 0 radical (unpaired) electrons. The van der Waals surface area contributed by atoms with E-state index in [1.807, 2.05) is 30.3 Å². The highest BCUT2D eigenvalue weighted by Gasteiger charge is 2.07. The zero-order valence-electron chi connectivity index (χ0n) is 6.81. The third-order valence-electron chi connectivity index (χ3n) is 1.57. The van der Waals surface area contributed by atoms with Crippen molar-refractivity contribution in [3.05, 3.63) is 42.7 Å². The third kappa shape index (κ3) is 2.05. The number of nitrogens with zero attached hydrogens (tertiary/aromatic N) is 2. The van der Waals surface area contributed by atoms with Crippen LogP contribution in [-0.2, 0) is 0 Å². The van der Waals surface area contributed by atoms with Crippen LogP contribution in [0.3, 0.4) is 0 Å². The molecule has 0 unspecified atom stereocenters. The fourth-order valence-corrected chi connectivity index (χ4v) is 1.14. The van der Waals surface area contributed by atoms with E-state index in [4.69, 9.17) is 11.8 Å². The lowest BCUT2D eigenvalue weighted by Crippen LogP contribution is -2.38. The van der Waals surface area contributed by atoms with Crippen molar-refractivity contribution >= 4 is 17.5 Å². The van der Waals surface area contributed by atoms with E-state index < -0.39 is 0 Å². The predicted octanol–water partition coefficient (Wildman–Crippen LogP) is 1.68. The fraction of sp³-hybridized carbons (Fsp3) is 0. The van der Waals surface area contributed by atoms with Gasteiger partial charge >= 0.3 is 0 Å². The molecule has 0 saturated carbocycles. The lowest BCUT2D eigenvalue weighted by molar-refractivity contribution is 0.245. The van der Waals surface area contributed by atoms with Crippen LogP contribution in [0.4, 0.5) is 5.69 Å². The van der Waals surface area contributed by atoms with E-state index in [0.29, 0.717) is 0 Å². The van der Waals surface area contributed by atoms with Gasteiger partial charge in [0.2, 0.25) is 0 Å². The summed E-state index contributed by atoms with van der Waals surface area (Å²) < 4.78 is 1.33. The molecule has 0 aliphatic carbocycles. The number of anilines is 1. The number of hydrazine groups is 3. The Morgan fingerprint density at radius 1 is 1.15 bits per heavy atom. The van der Waals surface area contributed by atoms with Gasteiger partial charge in [-0.1, -0.05) is 18.2 Å². The Balaban J connectivity index is 1.96. The van der Waals surface area contributed by atoms with Crippen molar-refractivity contribution in [3.8, 4) is 0 Å². The van der Waals surface area contributed by atoms with Crippen LogP contribution >= 0.6 is 11.8 Å². The zero-order valence-corrected chi connectivity index (χ0v) is 7.57. The van der Waals surface area contributed by atoms with Crippen molar-refractivity contribution in [2.75, 3.05) is 5.43 Å². The van der Waals surface area contributed by atoms with Gasteiger partial charge in [-0.15, -0.1) is 5.53 Å². The van der Waals surface area contributed by atoms with Gasteiger partial charge in [0.15, 0.2) is 0 Å². The summed E-state index contributed by atoms with van der Waals surface area (Å²) in [5.74, 6) is 0. The molecule has 4 nitrogen and oxygen atoms in total. The summed E-state index contributed by atoms with van der Waals surface area (Å²) >= 11 is 5.63. The van der Waals surface area contributed by atoms with Crippen LogP contribution in [0.1, 0.15) is 0 Å². The van der Waals surface area contributed by atoms with Crippen molar-refractivity contribution in [1.82, 2.24) is 15.2 Å². The summed E-state index contributed by atoms with van der Waals surface area (Å²) in [6.07, 6.45) is 3.47. The molecule has 0 amide bonds. The highest BCUT2D eigenvalue weighted by molar-refractivity contribution is 6.13. The molecule has 0 saturated heterocycles. The average Bonchev–Trinajstić information content (AvgIpc) is 2.53. The molecule has 5 heteroatoms. The van der Waals surface area contributed by atoms with Gasteiger partial charge in [0.25, 0.3) is 0 Å². The third-order valence-corrected chi connectivity index (χ3v) is 1.76. The molecule has 13 heavy (non-hydrogen) atoms. The molecule has 1 aromatic carbocycles. The Morgan fingerprint density at radius 2 is 1.92 bits per heavy atom. The summed E-state index contributed by atoms with van der Waals surface area (Å²) in [5.41, 5.74) is 6.88. The SMILES string of the molecule is ClN1C=CN(Nc2ccccc2)N1. The molecule has 2 N–H and O–H groups in total. The molecule has 0 fully saturated rings. The van der Waals surface area contributed by atoms with E-state index in [2.05, 4.69) is 11.0 Å². The maximum Gasteiger partial charge on any atom is 0.0604 e. The molecule has 68 valence electrons. The van der Waals surface area contributed by atoms with E-state index in [-0.39, 0.29) is 0 Å². The average molecular weight is 197 g/mol. The topological polar surface area (TPSA) is 30.5 Å². The van der Waals surface area contributed by atoms with E-state index >= 15 is 0 Å².